The molecule has 1 aromatic carbocycles. The van der Waals surface area contributed by atoms with Crippen molar-refractivity contribution in [1.29, 1.82) is 0 Å². The summed E-state index contributed by atoms with van der Waals surface area (Å²) in [6.07, 6.45) is 1.16. The molecule has 0 bridgehead atoms. The molecule has 94 valence electrons. The molecule has 4 nitrogen and oxygen atoms in total. The summed E-state index contributed by atoms with van der Waals surface area (Å²) in [6, 6.07) is 7.34. The first-order valence-electron chi connectivity index (χ1n) is 5.15. The summed E-state index contributed by atoms with van der Waals surface area (Å²) in [4.78, 5) is 0. The van der Waals surface area contributed by atoms with E-state index in [4.69, 9.17) is 5.73 Å². The van der Waals surface area contributed by atoms with Crippen molar-refractivity contribution in [2.45, 2.75) is 16.7 Å². The third kappa shape index (κ3) is 2.14. The number of benzene rings is 1. The molecule has 17 heavy (non-hydrogen) atoms. The zero-order valence-corrected chi connectivity index (χ0v) is 11.7. The third-order valence-corrected chi connectivity index (χ3v) is 5.43. The molecule has 6 heteroatoms. The number of hydrogen-bond donors (Lipinski definition) is 2. The number of aliphatic hydroxyl groups excluding tert-OH is 1. The summed E-state index contributed by atoms with van der Waals surface area (Å²) >= 11 is 3.32. The van der Waals surface area contributed by atoms with E-state index >= 15 is 0 Å². The minimum atomic E-state index is -3.25. The lowest BCUT2D eigenvalue weighted by Crippen LogP contribution is -2.34. The zero-order chi connectivity index (χ0) is 12.8. The fraction of sp³-hybridized carbons (Fsp3) is 0.455. The molecule has 3 atom stereocenters. The normalized spacial score (nSPS) is 32.5. The van der Waals surface area contributed by atoms with Gasteiger partial charge in [0.25, 0.3) is 0 Å². The van der Waals surface area contributed by atoms with Crippen molar-refractivity contribution in [3.8, 4) is 0 Å². The maximum atomic E-state index is 11.6. The SMILES string of the molecule is CS(=O)(=O)[C@@H]1[C@@H](c2ccc(Br)cc2)[C@]1(N)CO. The highest BCUT2D eigenvalue weighted by Crippen LogP contribution is 2.53. The Morgan fingerprint density at radius 3 is 2.29 bits per heavy atom. The van der Waals surface area contributed by atoms with Crippen molar-refractivity contribution >= 4 is 25.8 Å². The summed E-state index contributed by atoms with van der Waals surface area (Å²) < 4.78 is 24.2. The molecule has 0 heterocycles. The fourth-order valence-electron chi connectivity index (χ4n) is 2.41. The molecule has 0 radical (unpaired) electrons. The van der Waals surface area contributed by atoms with E-state index in [0.29, 0.717) is 0 Å². The monoisotopic (exact) mass is 319 g/mol. The lowest BCUT2D eigenvalue weighted by atomic mass is 10.1. The first kappa shape index (κ1) is 13.0. The predicted octanol–water partition coefficient (Wildman–Crippen LogP) is 0.649. The molecule has 3 N–H and O–H groups in total. The van der Waals surface area contributed by atoms with E-state index in [9.17, 15) is 13.5 Å². The van der Waals surface area contributed by atoms with E-state index in [0.717, 1.165) is 16.3 Å². The Kier molecular flexibility index (Phi) is 3.10. The van der Waals surface area contributed by atoms with Gasteiger partial charge in [0, 0.05) is 16.6 Å². The van der Waals surface area contributed by atoms with Crippen LogP contribution in [0.4, 0.5) is 0 Å². The van der Waals surface area contributed by atoms with Crippen molar-refractivity contribution in [2.24, 2.45) is 5.73 Å². The van der Waals surface area contributed by atoms with Gasteiger partial charge in [-0.2, -0.15) is 0 Å². The second kappa shape index (κ2) is 4.05. The summed E-state index contributed by atoms with van der Waals surface area (Å²) in [7, 11) is -3.25. The summed E-state index contributed by atoms with van der Waals surface area (Å²) in [6.45, 7) is -0.328. The van der Waals surface area contributed by atoms with E-state index in [1.54, 1.807) is 0 Å². The minimum absolute atomic E-state index is 0.324. The molecule has 2 rings (SSSR count). The predicted molar refractivity (Wildman–Crippen MR) is 69.5 cm³/mol. The molecular formula is C11H14BrNO3S. The smallest absolute Gasteiger partial charge is 0.152 e. The second-order valence-corrected chi connectivity index (χ2v) is 7.63. The average Bonchev–Trinajstić information content (AvgIpc) is 2.87. The molecule has 1 fully saturated rings. The van der Waals surface area contributed by atoms with Crippen molar-refractivity contribution in [3.05, 3.63) is 34.3 Å². The lowest BCUT2D eigenvalue weighted by Gasteiger charge is -2.06. The van der Waals surface area contributed by atoms with Crippen LogP contribution < -0.4 is 5.73 Å². The van der Waals surface area contributed by atoms with Gasteiger partial charge in [0.1, 0.15) is 0 Å². The standard InChI is InChI=1S/C11H14BrNO3S/c1-17(15,16)10-9(11(10,13)6-14)7-2-4-8(12)5-3-7/h2-5,9-10,14H,6,13H2,1H3/t9-,10-,11-/m1/s1. The van der Waals surface area contributed by atoms with E-state index in [2.05, 4.69) is 15.9 Å². The molecule has 1 aromatic rings. The van der Waals surface area contributed by atoms with E-state index in [1.165, 1.54) is 0 Å². The largest absolute Gasteiger partial charge is 0.394 e. The van der Waals surface area contributed by atoms with Gasteiger partial charge in [0.15, 0.2) is 9.84 Å². The van der Waals surface area contributed by atoms with Crippen LogP contribution in [-0.4, -0.2) is 37.2 Å². The van der Waals surface area contributed by atoms with Crippen LogP contribution in [0.25, 0.3) is 0 Å². The molecular weight excluding hydrogens is 306 g/mol. The highest BCUT2D eigenvalue weighted by atomic mass is 79.9. The van der Waals surface area contributed by atoms with Gasteiger partial charge in [-0.25, -0.2) is 8.42 Å². The number of rotatable bonds is 3. The van der Waals surface area contributed by atoms with Gasteiger partial charge in [-0.3, -0.25) is 0 Å². The van der Waals surface area contributed by atoms with Gasteiger partial charge in [-0.1, -0.05) is 28.1 Å². The van der Waals surface area contributed by atoms with Gasteiger partial charge in [-0.05, 0) is 17.7 Å². The van der Waals surface area contributed by atoms with Gasteiger partial charge in [0.2, 0.25) is 0 Å². The Morgan fingerprint density at radius 2 is 1.94 bits per heavy atom. The summed E-state index contributed by atoms with van der Waals surface area (Å²) in [5, 5.41) is 8.59. The van der Waals surface area contributed by atoms with Crippen molar-refractivity contribution in [3.63, 3.8) is 0 Å². The molecule has 0 spiro atoms. The number of sulfone groups is 1. The van der Waals surface area contributed by atoms with Crippen LogP contribution in [0.15, 0.2) is 28.7 Å². The van der Waals surface area contributed by atoms with Crippen LogP contribution in [0.2, 0.25) is 0 Å². The molecule has 0 aliphatic heterocycles. The number of hydrogen-bond acceptors (Lipinski definition) is 4. The van der Waals surface area contributed by atoms with E-state index in [-0.39, 0.29) is 12.5 Å². The summed E-state index contributed by atoms with van der Waals surface area (Å²) in [5.74, 6) is -0.324. The van der Waals surface area contributed by atoms with Gasteiger partial charge >= 0.3 is 0 Å². The Bertz CT molecular complexity index is 528. The molecule has 1 aliphatic carbocycles. The van der Waals surface area contributed by atoms with Gasteiger partial charge in [-0.15, -0.1) is 0 Å². The van der Waals surface area contributed by atoms with E-state index in [1.807, 2.05) is 24.3 Å². The molecule has 0 amide bonds. The maximum Gasteiger partial charge on any atom is 0.152 e. The third-order valence-electron chi connectivity index (χ3n) is 3.27. The first-order chi connectivity index (χ1) is 7.80. The Balaban J connectivity index is 2.37. The summed E-state index contributed by atoms with van der Waals surface area (Å²) in [5.41, 5.74) is 5.76. The Morgan fingerprint density at radius 1 is 1.41 bits per heavy atom. The fourth-order valence-corrected chi connectivity index (χ4v) is 4.52. The quantitative estimate of drug-likeness (QED) is 0.857. The van der Waals surface area contributed by atoms with E-state index < -0.39 is 20.6 Å². The zero-order valence-electron chi connectivity index (χ0n) is 9.30. The highest BCUT2D eigenvalue weighted by Gasteiger charge is 2.67. The van der Waals surface area contributed by atoms with Crippen LogP contribution in [0, 0.1) is 0 Å². The number of nitrogens with two attached hydrogens (primary N) is 1. The second-order valence-electron chi connectivity index (χ2n) is 4.55. The first-order valence-corrected chi connectivity index (χ1v) is 7.89. The minimum Gasteiger partial charge on any atom is -0.394 e. The van der Waals surface area contributed by atoms with Gasteiger partial charge < -0.3 is 10.8 Å². The Labute approximate surface area is 109 Å². The van der Waals surface area contributed by atoms with Crippen molar-refractivity contribution in [2.75, 3.05) is 12.9 Å². The molecule has 1 saturated carbocycles. The lowest BCUT2D eigenvalue weighted by molar-refractivity contribution is 0.253. The van der Waals surface area contributed by atoms with Crippen LogP contribution in [0.1, 0.15) is 11.5 Å². The van der Waals surface area contributed by atoms with Crippen LogP contribution in [0.3, 0.4) is 0 Å². The maximum absolute atomic E-state index is 11.6. The van der Waals surface area contributed by atoms with Crippen LogP contribution in [0.5, 0.6) is 0 Å². The Hall–Kier alpha value is -0.430. The van der Waals surface area contributed by atoms with Crippen molar-refractivity contribution in [1.82, 2.24) is 0 Å². The molecule has 0 aromatic heterocycles. The van der Waals surface area contributed by atoms with Crippen LogP contribution in [-0.2, 0) is 9.84 Å². The van der Waals surface area contributed by atoms with Gasteiger partial charge in [0.05, 0.1) is 17.4 Å². The topological polar surface area (TPSA) is 80.4 Å². The highest BCUT2D eigenvalue weighted by molar-refractivity contribution is 9.10. The number of aliphatic hydroxyl groups is 1. The van der Waals surface area contributed by atoms with Crippen molar-refractivity contribution < 1.29 is 13.5 Å². The number of halogens is 1. The molecule has 0 saturated heterocycles. The van der Waals surface area contributed by atoms with Crippen LogP contribution >= 0.6 is 15.9 Å². The average molecular weight is 320 g/mol. The molecule has 0 unspecified atom stereocenters. The molecule has 1 aliphatic rings.